The smallest absolute Gasteiger partial charge is 0.201 e. The number of rotatable bonds is 1. The van der Waals surface area contributed by atoms with Gasteiger partial charge in [0.2, 0.25) is 5.69 Å². The number of halogens is 1. The van der Waals surface area contributed by atoms with Crippen LogP contribution in [-0.4, -0.2) is 0 Å². The van der Waals surface area contributed by atoms with E-state index in [1.54, 1.807) is 0 Å². The molecule has 0 fully saturated rings. The molecule has 1 aromatic heterocycles. The second-order valence-corrected chi connectivity index (χ2v) is 7.26. The van der Waals surface area contributed by atoms with E-state index in [4.69, 9.17) is 0 Å². The topological polar surface area (TPSA) is 3.88 Å². The van der Waals surface area contributed by atoms with Gasteiger partial charge in [0.25, 0.3) is 0 Å². The molecule has 0 bridgehead atoms. The first-order valence-electron chi connectivity index (χ1n) is 6.56. The summed E-state index contributed by atoms with van der Waals surface area (Å²) >= 11 is 2.42. The highest BCUT2D eigenvalue weighted by molar-refractivity contribution is 14.1. The van der Waals surface area contributed by atoms with Gasteiger partial charge in [0.05, 0.1) is 5.56 Å². The Kier molecular flexibility index (Phi) is 4.00. The van der Waals surface area contributed by atoms with Crippen LogP contribution in [0.4, 0.5) is 0 Å². The van der Waals surface area contributed by atoms with Gasteiger partial charge in [-0.1, -0.05) is 32.9 Å². The lowest BCUT2D eigenvalue weighted by Gasteiger charge is -2.17. The van der Waals surface area contributed by atoms with Crippen LogP contribution in [0.1, 0.15) is 31.9 Å². The van der Waals surface area contributed by atoms with Crippen molar-refractivity contribution in [2.45, 2.75) is 33.1 Å². The number of hydrogen-bond donors (Lipinski definition) is 0. The van der Waals surface area contributed by atoms with Crippen LogP contribution in [0.15, 0.2) is 36.5 Å². The molecule has 0 aliphatic heterocycles. The molecule has 19 heavy (non-hydrogen) atoms. The highest BCUT2D eigenvalue weighted by Gasteiger charge is 2.21. The lowest BCUT2D eigenvalue weighted by atomic mass is 9.88. The third kappa shape index (κ3) is 2.99. The third-order valence-corrected chi connectivity index (χ3v) is 4.38. The monoisotopic (exact) mass is 366 g/mol. The van der Waals surface area contributed by atoms with Gasteiger partial charge in [-0.2, -0.15) is 0 Å². The average molecular weight is 366 g/mol. The van der Waals surface area contributed by atoms with Crippen LogP contribution >= 0.6 is 22.6 Å². The fraction of sp³-hybridized carbons (Fsp3) is 0.353. The van der Waals surface area contributed by atoms with E-state index in [2.05, 4.69) is 98.4 Å². The average Bonchev–Trinajstić information content (AvgIpc) is 2.29. The Balaban J connectivity index is 2.59. The lowest BCUT2D eigenvalue weighted by molar-refractivity contribution is -0.661. The lowest BCUT2D eigenvalue weighted by Crippen LogP contribution is -2.33. The van der Waals surface area contributed by atoms with E-state index >= 15 is 0 Å². The Morgan fingerprint density at radius 2 is 1.74 bits per heavy atom. The number of aromatic nitrogens is 1. The SMILES string of the molecule is Cc1cccc(I)c1-c1ccc(C(C)(C)C)c[n+]1C. The highest BCUT2D eigenvalue weighted by atomic mass is 127. The number of aryl methyl sites for hydroxylation is 2. The first-order chi connectivity index (χ1) is 8.80. The zero-order valence-electron chi connectivity index (χ0n) is 12.3. The molecule has 2 heteroatoms. The molecule has 0 aliphatic carbocycles. The van der Waals surface area contributed by atoms with Crippen molar-refractivity contribution < 1.29 is 4.57 Å². The summed E-state index contributed by atoms with van der Waals surface area (Å²) in [4.78, 5) is 0. The van der Waals surface area contributed by atoms with Gasteiger partial charge in [0, 0.05) is 15.2 Å². The maximum Gasteiger partial charge on any atom is 0.213 e. The molecular formula is C17H21IN+. The van der Waals surface area contributed by atoms with Crippen molar-refractivity contribution in [3.8, 4) is 11.3 Å². The predicted molar refractivity (Wildman–Crippen MR) is 89.2 cm³/mol. The molecule has 1 aromatic carbocycles. The normalized spacial score (nSPS) is 11.7. The van der Waals surface area contributed by atoms with Gasteiger partial charge in [-0.05, 0) is 52.6 Å². The fourth-order valence-electron chi connectivity index (χ4n) is 2.27. The summed E-state index contributed by atoms with van der Waals surface area (Å²) in [6.45, 7) is 8.92. The Morgan fingerprint density at radius 1 is 1.05 bits per heavy atom. The van der Waals surface area contributed by atoms with E-state index in [0.717, 1.165) is 0 Å². The van der Waals surface area contributed by atoms with E-state index in [0.29, 0.717) is 0 Å². The number of pyridine rings is 1. The van der Waals surface area contributed by atoms with Crippen molar-refractivity contribution in [1.29, 1.82) is 0 Å². The van der Waals surface area contributed by atoms with Crippen LogP contribution in [0.25, 0.3) is 11.3 Å². The standard InChI is InChI=1S/C17H21IN/c1-12-7-6-8-14(18)16(12)15-10-9-13(11-19(15)5)17(2,3)4/h6-11H,1-5H3/q+1. The molecule has 0 aliphatic rings. The molecule has 0 atom stereocenters. The van der Waals surface area contributed by atoms with Crippen LogP contribution in [0.5, 0.6) is 0 Å². The van der Waals surface area contributed by atoms with Crippen molar-refractivity contribution >= 4 is 22.6 Å². The maximum absolute atomic E-state index is 2.42. The van der Waals surface area contributed by atoms with E-state index in [1.807, 2.05) is 0 Å². The molecule has 0 saturated heterocycles. The summed E-state index contributed by atoms with van der Waals surface area (Å²) in [7, 11) is 2.13. The molecule has 0 unspecified atom stereocenters. The van der Waals surface area contributed by atoms with E-state index in [9.17, 15) is 0 Å². The van der Waals surface area contributed by atoms with Gasteiger partial charge >= 0.3 is 0 Å². The summed E-state index contributed by atoms with van der Waals surface area (Å²) in [5.74, 6) is 0. The summed E-state index contributed by atoms with van der Waals surface area (Å²) in [6, 6.07) is 10.9. The van der Waals surface area contributed by atoms with Crippen molar-refractivity contribution in [2.75, 3.05) is 0 Å². The molecule has 2 aromatic rings. The third-order valence-electron chi connectivity index (χ3n) is 3.48. The van der Waals surface area contributed by atoms with E-state index < -0.39 is 0 Å². The fourth-order valence-corrected chi connectivity index (χ4v) is 3.18. The maximum atomic E-state index is 2.42. The highest BCUT2D eigenvalue weighted by Crippen LogP contribution is 2.28. The molecule has 1 nitrogen and oxygen atoms in total. The van der Waals surface area contributed by atoms with Crippen molar-refractivity contribution in [2.24, 2.45) is 7.05 Å². The molecule has 2 rings (SSSR count). The molecule has 0 radical (unpaired) electrons. The summed E-state index contributed by atoms with van der Waals surface area (Å²) in [5.41, 5.74) is 5.49. The largest absolute Gasteiger partial charge is 0.213 e. The molecular weight excluding hydrogens is 345 g/mol. The van der Waals surface area contributed by atoms with Gasteiger partial charge in [-0.15, -0.1) is 0 Å². The van der Waals surface area contributed by atoms with Gasteiger partial charge in [0.1, 0.15) is 7.05 Å². The van der Waals surface area contributed by atoms with Crippen LogP contribution in [-0.2, 0) is 12.5 Å². The van der Waals surface area contributed by atoms with E-state index in [-0.39, 0.29) is 5.41 Å². The Hall–Kier alpha value is -0.900. The zero-order valence-corrected chi connectivity index (χ0v) is 14.4. The number of nitrogens with zero attached hydrogens (tertiary/aromatic N) is 1. The molecule has 0 spiro atoms. The Morgan fingerprint density at radius 3 is 2.26 bits per heavy atom. The minimum atomic E-state index is 0.190. The van der Waals surface area contributed by atoms with Crippen molar-refractivity contribution in [1.82, 2.24) is 0 Å². The molecule has 0 N–H and O–H groups in total. The predicted octanol–water partition coefficient (Wildman–Crippen LogP) is 4.39. The summed E-state index contributed by atoms with van der Waals surface area (Å²) < 4.78 is 3.54. The molecule has 1 heterocycles. The van der Waals surface area contributed by atoms with Crippen molar-refractivity contribution in [3.05, 3.63) is 51.2 Å². The van der Waals surface area contributed by atoms with Crippen LogP contribution in [0.2, 0.25) is 0 Å². The molecule has 100 valence electrons. The minimum Gasteiger partial charge on any atom is -0.201 e. The first kappa shape index (κ1) is 14.5. The number of benzene rings is 1. The molecule has 0 saturated carbocycles. The van der Waals surface area contributed by atoms with Gasteiger partial charge in [0.15, 0.2) is 6.20 Å². The molecule has 0 amide bonds. The van der Waals surface area contributed by atoms with Crippen LogP contribution < -0.4 is 4.57 Å². The van der Waals surface area contributed by atoms with Crippen molar-refractivity contribution in [3.63, 3.8) is 0 Å². The Bertz CT molecular complexity index is 589. The number of hydrogen-bond acceptors (Lipinski definition) is 0. The Labute approximate surface area is 129 Å². The first-order valence-corrected chi connectivity index (χ1v) is 7.64. The zero-order chi connectivity index (χ0) is 14.2. The second-order valence-electron chi connectivity index (χ2n) is 6.10. The van der Waals surface area contributed by atoms with Crippen LogP contribution in [0.3, 0.4) is 0 Å². The van der Waals surface area contributed by atoms with Gasteiger partial charge < -0.3 is 0 Å². The van der Waals surface area contributed by atoms with E-state index in [1.165, 1.54) is 26.0 Å². The summed E-state index contributed by atoms with van der Waals surface area (Å²) in [5, 5.41) is 0. The van der Waals surface area contributed by atoms with Crippen LogP contribution in [0, 0.1) is 10.5 Å². The summed E-state index contributed by atoms with van der Waals surface area (Å²) in [6.07, 6.45) is 2.25. The van der Waals surface area contributed by atoms with Gasteiger partial charge in [-0.3, -0.25) is 0 Å². The minimum absolute atomic E-state index is 0.190. The van der Waals surface area contributed by atoms with Gasteiger partial charge in [-0.25, -0.2) is 4.57 Å². The second kappa shape index (κ2) is 5.23. The quantitative estimate of drug-likeness (QED) is 0.521.